The molecule has 0 bridgehead atoms. The highest BCUT2D eigenvalue weighted by atomic mass is 32.1. The molecular weight excluding hydrogens is 441 g/mol. The maximum Gasteiger partial charge on any atom is 0.490 e. The second kappa shape index (κ2) is 10.7. The molecule has 2 unspecified atom stereocenters. The highest BCUT2D eigenvalue weighted by Crippen LogP contribution is 2.33. The van der Waals surface area contributed by atoms with E-state index in [4.69, 9.17) is 19.4 Å². The number of likely N-dealkylation sites (N-methyl/N-ethyl adjacent to an activating group) is 1. The lowest BCUT2D eigenvalue weighted by Gasteiger charge is -2.32. The number of hydrogen-bond donors (Lipinski definition) is 1. The van der Waals surface area contributed by atoms with E-state index in [0.717, 1.165) is 19.4 Å². The molecule has 3 rings (SSSR count). The summed E-state index contributed by atoms with van der Waals surface area (Å²) in [5.74, 6) is -2.84. The van der Waals surface area contributed by atoms with Crippen LogP contribution in [0.2, 0.25) is 0 Å². The Kier molecular flexibility index (Phi) is 8.74. The molecular formula is C18H27F3N4O5S. The number of amides is 1. The molecule has 0 saturated carbocycles. The lowest BCUT2D eigenvalue weighted by Crippen LogP contribution is -2.47. The molecule has 0 aliphatic carbocycles. The zero-order valence-corrected chi connectivity index (χ0v) is 18.4. The fourth-order valence-corrected chi connectivity index (χ4v) is 3.71. The predicted octanol–water partition coefficient (Wildman–Crippen LogP) is 1.90. The average Bonchev–Trinajstić information content (AvgIpc) is 3.29. The quantitative estimate of drug-likeness (QED) is 0.715. The Bertz CT molecular complexity index is 734. The fraction of sp³-hybridized carbons (Fsp3) is 0.778. The number of carbonyl (C=O) groups excluding carboxylic acids is 1. The van der Waals surface area contributed by atoms with E-state index in [1.165, 1.54) is 11.5 Å². The molecule has 2 atom stereocenters. The molecule has 31 heavy (non-hydrogen) atoms. The van der Waals surface area contributed by atoms with Gasteiger partial charge in [0.1, 0.15) is 5.60 Å². The van der Waals surface area contributed by atoms with Crippen LogP contribution in [-0.4, -0.2) is 100 Å². The van der Waals surface area contributed by atoms with E-state index in [-0.39, 0.29) is 12.0 Å². The van der Waals surface area contributed by atoms with Gasteiger partial charge in [-0.1, -0.05) is 4.49 Å². The highest BCUT2D eigenvalue weighted by Gasteiger charge is 2.44. The predicted molar refractivity (Wildman–Crippen MR) is 105 cm³/mol. The number of aromatic nitrogens is 2. The number of carboxylic acids is 1. The molecule has 1 N–H and O–H groups in total. The van der Waals surface area contributed by atoms with Crippen molar-refractivity contribution in [3.8, 4) is 0 Å². The monoisotopic (exact) mass is 468 g/mol. The summed E-state index contributed by atoms with van der Waals surface area (Å²) in [6.07, 6.45) is -2.97. The summed E-state index contributed by atoms with van der Waals surface area (Å²) in [6.45, 7) is 7.48. The molecule has 0 aromatic carbocycles. The fourth-order valence-electron chi connectivity index (χ4n) is 3.28. The van der Waals surface area contributed by atoms with E-state index >= 15 is 0 Å². The molecule has 0 radical (unpaired) electrons. The van der Waals surface area contributed by atoms with Crippen molar-refractivity contribution in [1.29, 1.82) is 0 Å². The van der Waals surface area contributed by atoms with Gasteiger partial charge in [-0.2, -0.15) is 13.2 Å². The van der Waals surface area contributed by atoms with Crippen molar-refractivity contribution in [2.24, 2.45) is 0 Å². The van der Waals surface area contributed by atoms with Crippen LogP contribution < -0.4 is 0 Å². The Labute approximate surface area is 182 Å². The summed E-state index contributed by atoms with van der Waals surface area (Å²) in [4.78, 5) is 25.6. The van der Waals surface area contributed by atoms with Crippen LogP contribution in [0.4, 0.5) is 13.2 Å². The first kappa shape index (κ1) is 25.4. The van der Waals surface area contributed by atoms with Crippen LogP contribution >= 0.6 is 11.5 Å². The Morgan fingerprint density at radius 1 is 1.45 bits per heavy atom. The summed E-state index contributed by atoms with van der Waals surface area (Å²) in [5.41, 5.74) is 0.0177. The maximum absolute atomic E-state index is 12.6. The van der Waals surface area contributed by atoms with Crippen LogP contribution in [0.5, 0.6) is 0 Å². The lowest BCUT2D eigenvalue weighted by molar-refractivity contribution is -0.192. The van der Waals surface area contributed by atoms with Gasteiger partial charge < -0.3 is 24.4 Å². The highest BCUT2D eigenvalue weighted by molar-refractivity contribution is 7.03. The number of rotatable bonds is 4. The SMILES string of the molecule is CC(C)N(C)CC1CCC2(COCCN(C(=O)c3csnn3)C2)O1.O=C(O)C(F)(F)F. The molecule has 2 aliphatic rings. The summed E-state index contributed by atoms with van der Waals surface area (Å²) in [7, 11) is 2.12. The van der Waals surface area contributed by atoms with Gasteiger partial charge in [0, 0.05) is 24.5 Å². The van der Waals surface area contributed by atoms with Gasteiger partial charge in [-0.25, -0.2) is 4.79 Å². The second-order valence-corrected chi connectivity index (χ2v) is 8.48. The van der Waals surface area contributed by atoms with Crippen molar-refractivity contribution in [1.82, 2.24) is 19.4 Å². The van der Waals surface area contributed by atoms with E-state index in [2.05, 4.69) is 35.4 Å². The first-order valence-electron chi connectivity index (χ1n) is 9.76. The summed E-state index contributed by atoms with van der Waals surface area (Å²) >= 11 is 1.19. The van der Waals surface area contributed by atoms with Crippen molar-refractivity contribution >= 4 is 23.4 Å². The third-order valence-electron chi connectivity index (χ3n) is 5.17. The third-order valence-corrected chi connectivity index (χ3v) is 5.67. The minimum absolute atomic E-state index is 0.0834. The molecule has 1 aromatic rings. The van der Waals surface area contributed by atoms with Gasteiger partial charge in [0.15, 0.2) is 5.69 Å². The van der Waals surface area contributed by atoms with Crippen LogP contribution in [0.1, 0.15) is 37.2 Å². The molecule has 1 aromatic heterocycles. The number of halogens is 3. The third kappa shape index (κ3) is 7.37. The van der Waals surface area contributed by atoms with Crippen molar-refractivity contribution in [2.45, 2.75) is 50.6 Å². The number of hydrogen-bond acceptors (Lipinski definition) is 8. The molecule has 176 valence electrons. The Hall–Kier alpha value is -1.83. The molecule has 13 heteroatoms. The summed E-state index contributed by atoms with van der Waals surface area (Å²) in [5, 5.41) is 12.7. The minimum atomic E-state index is -5.08. The van der Waals surface area contributed by atoms with Gasteiger partial charge >= 0.3 is 12.1 Å². The van der Waals surface area contributed by atoms with Crippen molar-refractivity contribution in [3.05, 3.63) is 11.1 Å². The molecule has 2 fully saturated rings. The number of alkyl halides is 3. The van der Waals surface area contributed by atoms with Gasteiger partial charge in [0.25, 0.3) is 5.91 Å². The lowest BCUT2D eigenvalue weighted by atomic mass is 10.00. The first-order valence-corrected chi connectivity index (χ1v) is 10.6. The zero-order valence-electron chi connectivity index (χ0n) is 17.6. The smallest absolute Gasteiger partial charge is 0.475 e. The Morgan fingerprint density at radius 2 is 2.13 bits per heavy atom. The Balaban J connectivity index is 0.000000423. The van der Waals surface area contributed by atoms with Crippen molar-refractivity contribution in [3.63, 3.8) is 0 Å². The molecule has 2 aliphatic heterocycles. The van der Waals surface area contributed by atoms with Crippen LogP contribution in [0.15, 0.2) is 5.38 Å². The molecule has 9 nitrogen and oxygen atoms in total. The topological polar surface area (TPSA) is 105 Å². The van der Waals surface area contributed by atoms with E-state index in [0.29, 0.717) is 38.0 Å². The van der Waals surface area contributed by atoms with Crippen LogP contribution in [-0.2, 0) is 14.3 Å². The van der Waals surface area contributed by atoms with Gasteiger partial charge in [-0.05, 0) is 45.3 Å². The first-order chi connectivity index (χ1) is 14.4. The largest absolute Gasteiger partial charge is 0.490 e. The number of carboxylic acid groups (broad SMARTS) is 1. The van der Waals surface area contributed by atoms with Gasteiger partial charge in [0.05, 0.1) is 25.9 Å². The van der Waals surface area contributed by atoms with Gasteiger partial charge in [-0.3, -0.25) is 4.79 Å². The van der Waals surface area contributed by atoms with E-state index < -0.39 is 17.7 Å². The number of nitrogens with zero attached hydrogens (tertiary/aromatic N) is 4. The standard InChI is InChI=1S/C16H26N4O3S.C2HF3O2/c1-12(2)19(3)8-13-4-5-16(23-13)10-20(6-7-22-11-16)15(21)14-9-24-18-17-14;3-2(4,5)1(6)7/h9,12-13H,4-8,10-11H2,1-3H3;(H,6,7). The molecule has 1 spiro atoms. The van der Waals surface area contributed by atoms with Crippen LogP contribution in [0.3, 0.4) is 0 Å². The van der Waals surface area contributed by atoms with Crippen LogP contribution in [0, 0.1) is 0 Å². The second-order valence-electron chi connectivity index (χ2n) is 7.87. The van der Waals surface area contributed by atoms with Crippen molar-refractivity contribution < 1.29 is 37.3 Å². The summed E-state index contributed by atoms with van der Waals surface area (Å²) < 4.78 is 47.7. The average molecular weight is 468 g/mol. The van der Waals surface area contributed by atoms with E-state index in [1.54, 1.807) is 10.3 Å². The molecule has 2 saturated heterocycles. The number of ether oxygens (including phenoxy) is 2. The maximum atomic E-state index is 12.6. The normalized spacial score (nSPS) is 24.3. The van der Waals surface area contributed by atoms with E-state index in [9.17, 15) is 18.0 Å². The van der Waals surface area contributed by atoms with Gasteiger partial charge in [0.2, 0.25) is 0 Å². The zero-order chi connectivity index (χ0) is 23.2. The van der Waals surface area contributed by atoms with Gasteiger partial charge in [-0.15, -0.1) is 5.10 Å². The van der Waals surface area contributed by atoms with Crippen LogP contribution in [0.25, 0.3) is 0 Å². The van der Waals surface area contributed by atoms with Crippen molar-refractivity contribution in [2.75, 3.05) is 39.9 Å². The number of aliphatic carboxylic acids is 1. The number of carbonyl (C=O) groups is 2. The summed E-state index contributed by atoms with van der Waals surface area (Å²) in [6, 6.07) is 0.491. The molecule has 1 amide bonds. The minimum Gasteiger partial charge on any atom is -0.475 e. The Morgan fingerprint density at radius 3 is 2.68 bits per heavy atom. The molecule has 3 heterocycles. The van der Waals surface area contributed by atoms with E-state index in [1.807, 2.05) is 0 Å².